The van der Waals surface area contributed by atoms with E-state index in [1.165, 1.54) is 0 Å². The summed E-state index contributed by atoms with van der Waals surface area (Å²) in [6, 6.07) is 5.62. The number of hydrogen-bond acceptors (Lipinski definition) is 2. The first kappa shape index (κ1) is 9.71. The number of aromatic nitrogens is 2. The van der Waals surface area contributed by atoms with Gasteiger partial charge in [0.2, 0.25) is 0 Å². The number of pyridine rings is 1. The van der Waals surface area contributed by atoms with Gasteiger partial charge < -0.3 is 9.67 Å². The number of aliphatic carboxylic acids is 1. The molecule has 2 rings (SSSR count). The van der Waals surface area contributed by atoms with Crippen LogP contribution in [0.1, 0.15) is 13.8 Å². The molecule has 0 fully saturated rings. The molecule has 0 aliphatic heterocycles. The normalized spacial score (nSPS) is 11.9. The van der Waals surface area contributed by atoms with E-state index in [2.05, 4.69) is 4.98 Å². The van der Waals surface area contributed by atoms with Crippen LogP contribution in [-0.2, 0) is 10.3 Å². The molecular weight excluding hydrogens is 192 g/mol. The highest BCUT2D eigenvalue weighted by Crippen LogP contribution is 2.22. The summed E-state index contributed by atoms with van der Waals surface area (Å²) in [4.78, 5) is 15.3. The predicted molar refractivity (Wildman–Crippen MR) is 56.7 cm³/mol. The Morgan fingerprint density at radius 1 is 1.47 bits per heavy atom. The van der Waals surface area contributed by atoms with Crippen molar-refractivity contribution in [2.75, 3.05) is 0 Å². The summed E-state index contributed by atoms with van der Waals surface area (Å²) in [7, 11) is 0. The lowest BCUT2D eigenvalue weighted by atomic mass is 10.1. The van der Waals surface area contributed by atoms with Gasteiger partial charge in [0.05, 0.1) is 0 Å². The first-order valence-corrected chi connectivity index (χ1v) is 4.69. The first-order chi connectivity index (χ1) is 7.03. The standard InChI is InChI=1S/C11H12N2O2/c1-11(2,10(14)15)13-7-5-8-4-3-6-12-9(8)13/h3-7H,1-2H3,(H,14,15). The molecular formula is C11H12N2O2. The van der Waals surface area contributed by atoms with Crippen LogP contribution in [0.25, 0.3) is 11.0 Å². The van der Waals surface area contributed by atoms with Gasteiger partial charge >= 0.3 is 5.97 Å². The van der Waals surface area contributed by atoms with E-state index in [0.29, 0.717) is 5.65 Å². The highest BCUT2D eigenvalue weighted by Gasteiger charge is 2.30. The van der Waals surface area contributed by atoms with E-state index in [9.17, 15) is 4.79 Å². The third kappa shape index (κ3) is 1.38. The van der Waals surface area contributed by atoms with Crippen LogP contribution in [-0.4, -0.2) is 20.6 Å². The van der Waals surface area contributed by atoms with E-state index >= 15 is 0 Å². The van der Waals surface area contributed by atoms with Crippen LogP contribution in [0.3, 0.4) is 0 Å². The number of carboxylic acid groups (broad SMARTS) is 1. The van der Waals surface area contributed by atoms with Crippen molar-refractivity contribution in [2.45, 2.75) is 19.4 Å². The number of fused-ring (bicyclic) bond motifs is 1. The van der Waals surface area contributed by atoms with Crippen LogP contribution in [0.15, 0.2) is 30.6 Å². The molecule has 2 aromatic heterocycles. The van der Waals surface area contributed by atoms with Crippen LogP contribution >= 0.6 is 0 Å². The van der Waals surface area contributed by atoms with Crippen LogP contribution in [0.2, 0.25) is 0 Å². The molecule has 0 atom stereocenters. The highest BCUT2D eigenvalue weighted by molar-refractivity contribution is 5.82. The fourth-order valence-electron chi connectivity index (χ4n) is 1.52. The molecule has 4 heteroatoms. The van der Waals surface area contributed by atoms with Gasteiger partial charge in [0.25, 0.3) is 0 Å². The maximum Gasteiger partial charge on any atom is 0.329 e. The summed E-state index contributed by atoms with van der Waals surface area (Å²) >= 11 is 0. The van der Waals surface area contributed by atoms with Crippen molar-refractivity contribution >= 4 is 17.0 Å². The second-order valence-corrected chi connectivity index (χ2v) is 3.97. The van der Waals surface area contributed by atoms with Crippen LogP contribution in [0.5, 0.6) is 0 Å². The van der Waals surface area contributed by atoms with Gasteiger partial charge in [-0.05, 0) is 32.0 Å². The fourth-order valence-corrected chi connectivity index (χ4v) is 1.52. The number of carboxylic acids is 1. The van der Waals surface area contributed by atoms with Gasteiger partial charge in [-0.2, -0.15) is 0 Å². The molecule has 0 spiro atoms. The zero-order valence-corrected chi connectivity index (χ0v) is 8.64. The largest absolute Gasteiger partial charge is 0.480 e. The Labute approximate surface area is 87.2 Å². The molecule has 0 aromatic carbocycles. The first-order valence-electron chi connectivity index (χ1n) is 4.69. The van der Waals surface area contributed by atoms with E-state index in [1.54, 1.807) is 30.8 Å². The van der Waals surface area contributed by atoms with Crippen molar-refractivity contribution in [3.8, 4) is 0 Å². The minimum Gasteiger partial charge on any atom is -0.480 e. The molecule has 0 saturated heterocycles. The summed E-state index contributed by atoms with van der Waals surface area (Å²) in [5, 5.41) is 10.1. The molecule has 2 heterocycles. The smallest absolute Gasteiger partial charge is 0.329 e. The second kappa shape index (κ2) is 3.08. The molecule has 0 unspecified atom stereocenters. The molecule has 2 aromatic rings. The van der Waals surface area contributed by atoms with Crippen LogP contribution in [0, 0.1) is 0 Å². The summed E-state index contributed by atoms with van der Waals surface area (Å²) in [6.07, 6.45) is 3.42. The minimum atomic E-state index is -0.976. The van der Waals surface area contributed by atoms with Gasteiger partial charge in [-0.25, -0.2) is 9.78 Å². The maximum atomic E-state index is 11.1. The average molecular weight is 204 g/mol. The van der Waals surface area contributed by atoms with Gasteiger partial charge in [-0.15, -0.1) is 0 Å². The Morgan fingerprint density at radius 2 is 2.20 bits per heavy atom. The minimum absolute atomic E-state index is 0.699. The molecule has 1 N–H and O–H groups in total. The Bertz CT molecular complexity index is 514. The summed E-state index contributed by atoms with van der Waals surface area (Å²) in [5.74, 6) is -0.870. The van der Waals surface area contributed by atoms with Gasteiger partial charge in [-0.1, -0.05) is 0 Å². The zero-order chi connectivity index (χ0) is 11.1. The fraction of sp³-hybridized carbons (Fsp3) is 0.273. The molecule has 0 saturated carbocycles. The molecule has 0 aliphatic rings. The molecule has 0 radical (unpaired) electrons. The summed E-state index contributed by atoms with van der Waals surface area (Å²) < 4.78 is 1.67. The van der Waals surface area contributed by atoms with E-state index in [1.807, 2.05) is 18.2 Å². The van der Waals surface area contributed by atoms with Crippen LogP contribution < -0.4 is 0 Å². The van der Waals surface area contributed by atoms with Crippen molar-refractivity contribution in [1.82, 2.24) is 9.55 Å². The average Bonchev–Trinajstić information content (AvgIpc) is 2.61. The Balaban J connectivity index is 2.67. The third-order valence-corrected chi connectivity index (χ3v) is 2.57. The molecule has 0 bridgehead atoms. The van der Waals surface area contributed by atoms with Crippen molar-refractivity contribution < 1.29 is 9.90 Å². The van der Waals surface area contributed by atoms with Crippen molar-refractivity contribution in [3.63, 3.8) is 0 Å². The monoisotopic (exact) mass is 204 g/mol. The summed E-state index contributed by atoms with van der Waals surface area (Å²) in [5.41, 5.74) is -0.277. The summed E-state index contributed by atoms with van der Waals surface area (Å²) in [6.45, 7) is 3.31. The molecule has 0 aliphatic carbocycles. The lowest BCUT2D eigenvalue weighted by Crippen LogP contribution is -2.35. The molecule has 15 heavy (non-hydrogen) atoms. The lowest BCUT2D eigenvalue weighted by molar-refractivity contribution is -0.145. The molecule has 78 valence electrons. The number of hydrogen-bond donors (Lipinski definition) is 1. The molecule has 0 amide bonds. The third-order valence-electron chi connectivity index (χ3n) is 2.57. The Morgan fingerprint density at radius 3 is 2.87 bits per heavy atom. The quantitative estimate of drug-likeness (QED) is 0.812. The van der Waals surface area contributed by atoms with Gasteiger partial charge in [0, 0.05) is 17.8 Å². The van der Waals surface area contributed by atoms with E-state index in [4.69, 9.17) is 5.11 Å². The van der Waals surface area contributed by atoms with Gasteiger partial charge in [0.15, 0.2) is 0 Å². The number of carbonyl (C=O) groups is 1. The zero-order valence-electron chi connectivity index (χ0n) is 8.64. The number of rotatable bonds is 2. The predicted octanol–water partition coefficient (Wildman–Crippen LogP) is 1.86. The van der Waals surface area contributed by atoms with E-state index in [-0.39, 0.29) is 0 Å². The maximum absolute atomic E-state index is 11.1. The topological polar surface area (TPSA) is 55.1 Å². The lowest BCUT2D eigenvalue weighted by Gasteiger charge is -2.22. The van der Waals surface area contributed by atoms with Gasteiger partial charge in [0.1, 0.15) is 11.2 Å². The van der Waals surface area contributed by atoms with Crippen molar-refractivity contribution in [1.29, 1.82) is 0 Å². The van der Waals surface area contributed by atoms with Gasteiger partial charge in [-0.3, -0.25) is 0 Å². The van der Waals surface area contributed by atoms with Crippen molar-refractivity contribution in [2.24, 2.45) is 0 Å². The Hall–Kier alpha value is -1.84. The SMILES string of the molecule is CC(C)(C(=O)O)n1ccc2cccnc21. The Kier molecular flexibility index (Phi) is 2.00. The van der Waals surface area contributed by atoms with Crippen LogP contribution in [0.4, 0.5) is 0 Å². The second-order valence-electron chi connectivity index (χ2n) is 3.97. The van der Waals surface area contributed by atoms with Crippen molar-refractivity contribution in [3.05, 3.63) is 30.6 Å². The van der Waals surface area contributed by atoms with E-state index in [0.717, 1.165) is 5.39 Å². The highest BCUT2D eigenvalue weighted by atomic mass is 16.4. The van der Waals surface area contributed by atoms with E-state index < -0.39 is 11.5 Å². The number of nitrogens with zero attached hydrogens (tertiary/aromatic N) is 2. The molecule has 4 nitrogen and oxygen atoms in total.